The maximum Gasteiger partial charge on any atom is 0.143 e. The summed E-state index contributed by atoms with van der Waals surface area (Å²) in [6, 6.07) is 70.9. The molecule has 258 valence electrons. The molecule has 3 heteroatoms. The Morgan fingerprint density at radius 3 is 1.62 bits per heavy atom. The van der Waals surface area contributed by atoms with Crippen LogP contribution in [-0.4, -0.2) is 0 Å². The minimum atomic E-state index is 0.883. The Hall–Kier alpha value is -7.36. The highest BCUT2D eigenvalue weighted by Crippen LogP contribution is 2.45. The molecular formula is C52H33NO2. The topological polar surface area (TPSA) is 29.5 Å². The van der Waals surface area contributed by atoms with Gasteiger partial charge < -0.3 is 13.7 Å². The SMILES string of the molecule is c1ccc(-c2ccc(N(c3ccc(-c4cccc5c4oc4ccccc45)cc3)c3ccccc3-c3cccc4c3oc3cc5ccccc5cc34)cc2)cc1. The summed E-state index contributed by atoms with van der Waals surface area (Å²) in [6.45, 7) is 0. The molecule has 2 aromatic heterocycles. The molecule has 11 rings (SSSR count). The van der Waals surface area contributed by atoms with Crippen LogP contribution in [0.25, 0.3) is 88.0 Å². The molecule has 0 atom stereocenters. The summed E-state index contributed by atoms with van der Waals surface area (Å²) >= 11 is 0. The van der Waals surface area contributed by atoms with Crippen LogP contribution in [0.15, 0.2) is 209 Å². The highest BCUT2D eigenvalue weighted by atomic mass is 16.3. The first-order valence-corrected chi connectivity index (χ1v) is 18.7. The van der Waals surface area contributed by atoms with Gasteiger partial charge in [-0.1, -0.05) is 152 Å². The molecule has 0 N–H and O–H groups in total. The van der Waals surface area contributed by atoms with Crippen molar-refractivity contribution in [3.63, 3.8) is 0 Å². The van der Waals surface area contributed by atoms with E-state index in [2.05, 4.69) is 193 Å². The van der Waals surface area contributed by atoms with E-state index in [1.54, 1.807) is 0 Å². The zero-order valence-electron chi connectivity index (χ0n) is 29.8. The summed E-state index contributed by atoms with van der Waals surface area (Å²) in [6.07, 6.45) is 0. The Morgan fingerprint density at radius 2 is 0.836 bits per heavy atom. The molecule has 55 heavy (non-hydrogen) atoms. The van der Waals surface area contributed by atoms with E-state index in [0.717, 1.165) is 83.2 Å². The van der Waals surface area contributed by atoms with E-state index >= 15 is 0 Å². The fraction of sp³-hybridized carbons (Fsp3) is 0. The van der Waals surface area contributed by atoms with Crippen LogP contribution in [0.3, 0.4) is 0 Å². The summed E-state index contributed by atoms with van der Waals surface area (Å²) in [5.41, 5.74) is 13.4. The first-order valence-electron chi connectivity index (χ1n) is 18.7. The van der Waals surface area contributed by atoms with E-state index in [0.29, 0.717) is 0 Å². The third kappa shape index (κ3) is 5.20. The molecule has 0 aliphatic carbocycles. The van der Waals surface area contributed by atoms with Crippen LogP contribution in [0.4, 0.5) is 17.1 Å². The molecule has 0 fully saturated rings. The predicted molar refractivity (Wildman–Crippen MR) is 229 cm³/mol. The number of hydrogen-bond donors (Lipinski definition) is 0. The van der Waals surface area contributed by atoms with Gasteiger partial charge in [0.2, 0.25) is 0 Å². The second-order valence-electron chi connectivity index (χ2n) is 14.1. The monoisotopic (exact) mass is 703 g/mol. The van der Waals surface area contributed by atoms with Gasteiger partial charge in [0, 0.05) is 49.6 Å². The van der Waals surface area contributed by atoms with Gasteiger partial charge >= 0.3 is 0 Å². The molecule has 0 saturated heterocycles. The van der Waals surface area contributed by atoms with Crippen molar-refractivity contribution >= 4 is 71.7 Å². The van der Waals surface area contributed by atoms with Crippen molar-refractivity contribution in [2.24, 2.45) is 0 Å². The van der Waals surface area contributed by atoms with Crippen LogP contribution >= 0.6 is 0 Å². The zero-order valence-corrected chi connectivity index (χ0v) is 29.8. The van der Waals surface area contributed by atoms with Crippen LogP contribution in [0.5, 0.6) is 0 Å². The van der Waals surface area contributed by atoms with E-state index in [9.17, 15) is 0 Å². The number of benzene rings is 9. The van der Waals surface area contributed by atoms with Gasteiger partial charge in [-0.25, -0.2) is 0 Å². The second kappa shape index (κ2) is 12.6. The van der Waals surface area contributed by atoms with E-state index in [1.165, 1.54) is 21.9 Å². The maximum atomic E-state index is 6.75. The maximum absolute atomic E-state index is 6.75. The molecule has 11 aromatic rings. The highest BCUT2D eigenvalue weighted by Gasteiger charge is 2.21. The van der Waals surface area contributed by atoms with Crippen molar-refractivity contribution in [1.29, 1.82) is 0 Å². The molecule has 2 heterocycles. The average molecular weight is 704 g/mol. The molecule has 0 aliphatic heterocycles. The van der Waals surface area contributed by atoms with Crippen LogP contribution in [-0.2, 0) is 0 Å². The van der Waals surface area contributed by atoms with Gasteiger partial charge in [-0.15, -0.1) is 0 Å². The minimum absolute atomic E-state index is 0.883. The summed E-state index contributed by atoms with van der Waals surface area (Å²) in [4.78, 5) is 2.35. The van der Waals surface area contributed by atoms with Gasteiger partial charge in [-0.3, -0.25) is 0 Å². The standard InChI is InChI=1S/C52H33NO2/c1-2-12-34(13-3-1)35-24-28-39(29-25-35)53(40-30-26-36(27-31-40)41-18-10-20-45-43-17-7-9-23-49(43)54-51(41)45)48-22-8-6-16-42(48)44-19-11-21-46-47-32-37-14-4-5-15-38(37)33-50(47)55-52(44)46/h1-33H. The third-order valence-corrected chi connectivity index (χ3v) is 10.9. The van der Waals surface area contributed by atoms with Gasteiger partial charge in [-0.05, 0) is 76.0 Å². The number of anilines is 3. The van der Waals surface area contributed by atoms with Gasteiger partial charge in [0.05, 0.1) is 5.69 Å². The number of rotatable bonds is 6. The quantitative estimate of drug-likeness (QED) is 0.173. The lowest BCUT2D eigenvalue weighted by molar-refractivity contribution is 0.670. The number of furan rings is 2. The van der Waals surface area contributed by atoms with E-state index < -0.39 is 0 Å². The molecule has 0 amide bonds. The Labute approximate surface area is 317 Å². The predicted octanol–water partition coefficient (Wildman–Crippen LogP) is 15.1. The van der Waals surface area contributed by atoms with Crippen LogP contribution in [0, 0.1) is 0 Å². The van der Waals surface area contributed by atoms with E-state index in [4.69, 9.17) is 8.83 Å². The summed E-state index contributed by atoms with van der Waals surface area (Å²) in [5, 5.41) is 6.85. The van der Waals surface area contributed by atoms with Crippen LogP contribution in [0.2, 0.25) is 0 Å². The van der Waals surface area contributed by atoms with Crippen LogP contribution < -0.4 is 4.90 Å². The van der Waals surface area contributed by atoms with Crippen molar-refractivity contribution in [1.82, 2.24) is 0 Å². The Kier molecular flexibility index (Phi) is 7.17. The third-order valence-electron chi connectivity index (χ3n) is 10.9. The van der Waals surface area contributed by atoms with E-state index in [-0.39, 0.29) is 0 Å². The minimum Gasteiger partial charge on any atom is -0.455 e. The molecule has 9 aromatic carbocycles. The van der Waals surface area contributed by atoms with Gasteiger partial charge in [0.15, 0.2) is 0 Å². The molecular weight excluding hydrogens is 671 g/mol. The Bertz CT molecular complexity index is 3190. The smallest absolute Gasteiger partial charge is 0.143 e. The van der Waals surface area contributed by atoms with Crippen molar-refractivity contribution in [2.75, 3.05) is 4.90 Å². The van der Waals surface area contributed by atoms with Crippen molar-refractivity contribution in [2.45, 2.75) is 0 Å². The second-order valence-corrected chi connectivity index (χ2v) is 14.1. The van der Waals surface area contributed by atoms with E-state index in [1.807, 2.05) is 12.1 Å². The molecule has 3 nitrogen and oxygen atoms in total. The van der Waals surface area contributed by atoms with Gasteiger partial charge in [-0.2, -0.15) is 0 Å². The molecule has 0 spiro atoms. The first kappa shape index (κ1) is 31.2. The lowest BCUT2D eigenvalue weighted by Gasteiger charge is -2.28. The molecule has 0 unspecified atom stereocenters. The summed E-state index contributed by atoms with van der Waals surface area (Å²) < 4.78 is 13.2. The molecule has 0 saturated carbocycles. The molecule has 0 bridgehead atoms. The Morgan fingerprint density at radius 1 is 0.309 bits per heavy atom. The highest BCUT2D eigenvalue weighted by molar-refractivity contribution is 6.14. The van der Waals surface area contributed by atoms with Crippen LogP contribution in [0.1, 0.15) is 0 Å². The lowest BCUT2D eigenvalue weighted by atomic mass is 9.98. The van der Waals surface area contributed by atoms with Gasteiger partial charge in [0.25, 0.3) is 0 Å². The fourth-order valence-electron chi connectivity index (χ4n) is 8.22. The van der Waals surface area contributed by atoms with Gasteiger partial charge in [0.1, 0.15) is 22.3 Å². The summed E-state index contributed by atoms with van der Waals surface area (Å²) in [7, 11) is 0. The number of fused-ring (bicyclic) bond motifs is 7. The average Bonchev–Trinajstić information content (AvgIpc) is 3.82. The fourth-order valence-corrected chi connectivity index (χ4v) is 8.22. The largest absolute Gasteiger partial charge is 0.455 e. The first-order chi connectivity index (χ1) is 27.3. The summed E-state index contributed by atoms with van der Waals surface area (Å²) in [5.74, 6) is 0. The zero-order chi connectivity index (χ0) is 36.3. The van der Waals surface area contributed by atoms with Crippen molar-refractivity contribution in [3.8, 4) is 33.4 Å². The lowest BCUT2D eigenvalue weighted by Crippen LogP contribution is -2.11. The number of para-hydroxylation sites is 4. The normalized spacial score (nSPS) is 11.6. The van der Waals surface area contributed by atoms with Crippen molar-refractivity contribution in [3.05, 3.63) is 200 Å². The molecule has 0 aliphatic rings. The molecule has 0 radical (unpaired) electrons. The Balaban J connectivity index is 1.08. The number of hydrogen-bond acceptors (Lipinski definition) is 3. The van der Waals surface area contributed by atoms with Crippen molar-refractivity contribution < 1.29 is 8.83 Å². The number of nitrogens with zero attached hydrogens (tertiary/aromatic N) is 1.